The highest BCUT2D eigenvalue weighted by Gasteiger charge is 2.55. The molecule has 1 aromatic carbocycles. The summed E-state index contributed by atoms with van der Waals surface area (Å²) < 4.78 is 5.60. The maximum absolute atomic E-state index is 13.4. The summed E-state index contributed by atoms with van der Waals surface area (Å²) in [6, 6.07) is 5.82. The van der Waals surface area contributed by atoms with E-state index in [1.165, 1.54) is 16.7 Å². The number of carbonyl (C=O) groups is 2. The monoisotopic (exact) mass is 411 g/mol. The van der Waals surface area contributed by atoms with Crippen LogP contribution in [0.4, 0.5) is 0 Å². The van der Waals surface area contributed by atoms with Gasteiger partial charge in [-0.2, -0.15) is 0 Å². The van der Waals surface area contributed by atoms with E-state index in [1.807, 2.05) is 22.9 Å². The third-order valence-corrected chi connectivity index (χ3v) is 7.33. The van der Waals surface area contributed by atoms with Crippen molar-refractivity contribution < 1.29 is 19.5 Å². The first-order valence-electron chi connectivity index (χ1n) is 10.9. The maximum atomic E-state index is 13.4. The number of rotatable bonds is 3. The molecular formula is C23H29N3O4. The molecule has 0 unspecified atom stereocenters. The molecule has 160 valence electrons. The first-order chi connectivity index (χ1) is 14.5. The van der Waals surface area contributed by atoms with Crippen molar-refractivity contribution in [2.24, 2.45) is 11.3 Å². The minimum Gasteiger partial charge on any atom is -0.493 e. The molecule has 1 spiro atoms. The minimum atomic E-state index is -0.518. The van der Waals surface area contributed by atoms with E-state index < -0.39 is 17.9 Å². The van der Waals surface area contributed by atoms with Crippen LogP contribution in [0.5, 0.6) is 5.75 Å². The predicted octanol–water partition coefficient (Wildman–Crippen LogP) is 1.84. The van der Waals surface area contributed by atoms with Gasteiger partial charge in [0.15, 0.2) is 0 Å². The Morgan fingerprint density at radius 2 is 2.10 bits per heavy atom. The molecule has 4 aliphatic rings. The van der Waals surface area contributed by atoms with Crippen molar-refractivity contribution in [3.05, 3.63) is 35.4 Å². The lowest BCUT2D eigenvalue weighted by atomic mass is 9.80. The Morgan fingerprint density at radius 1 is 1.27 bits per heavy atom. The quantitative estimate of drug-likeness (QED) is 0.586. The van der Waals surface area contributed by atoms with Crippen molar-refractivity contribution in [2.75, 3.05) is 33.3 Å². The highest BCUT2D eigenvalue weighted by molar-refractivity contribution is 5.90. The number of nitrogens with one attached hydrogen (secondary N) is 1. The number of benzene rings is 1. The summed E-state index contributed by atoms with van der Waals surface area (Å²) in [4.78, 5) is 29.7. The molecule has 7 heteroatoms. The standard InChI is InChI=1S/C23H29N3O4/c1-25-14-23(7-8-23)13-18(21(27)24-29)20(25)22(28)26-9-4-15(5-10-26)16-2-3-19-17(12-16)6-11-30-19/h2-4,12,18,20,29H,5-11,13-14H2,1H3,(H,24,27)/t18-,20-/m0/s1. The number of carbonyl (C=O) groups excluding carboxylic acids is 2. The average molecular weight is 412 g/mol. The van der Waals surface area contributed by atoms with Crippen LogP contribution in [0, 0.1) is 11.3 Å². The number of likely N-dealkylation sites (N-methyl/N-ethyl adjacent to an activating group) is 1. The number of piperidine rings is 1. The van der Waals surface area contributed by atoms with Crippen molar-refractivity contribution in [1.82, 2.24) is 15.3 Å². The van der Waals surface area contributed by atoms with Crippen molar-refractivity contribution in [3.8, 4) is 5.75 Å². The summed E-state index contributed by atoms with van der Waals surface area (Å²) in [6.07, 6.45) is 6.73. The van der Waals surface area contributed by atoms with E-state index in [1.54, 1.807) is 5.48 Å². The second kappa shape index (κ2) is 7.39. The summed E-state index contributed by atoms with van der Waals surface area (Å²) in [7, 11) is 1.93. The van der Waals surface area contributed by atoms with E-state index in [9.17, 15) is 14.8 Å². The highest BCUT2D eigenvalue weighted by atomic mass is 16.5. The third kappa shape index (κ3) is 3.40. The van der Waals surface area contributed by atoms with Crippen LogP contribution < -0.4 is 10.2 Å². The van der Waals surface area contributed by atoms with Gasteiger partial charge in [-0.25, -0.2) is 5.48 Å². The van der Waals surface area contributed by atoms with Gasteiger partial charge in [-0.15, -0.1) is 0 Å². The fourth-order valence-corrected chi connectivity index (χ4v) is 5.50. The van der Waals surface area contributed by atoms with Gasteiger partial charge < -0.3 is 9.64 Å². The zero-order valence-corrected chi connectivity index (χ0v) is 17.4. The number of amides is 2. The number of hydrogen-bond donors (Lipinski definition) is 2. The lowest BCUT2D eigenvalue weighted by Crippen LogP contribution is -2.59. The van der Waals surface area contributed by atoms with Gasteiger partial charge >= 0.3 is 0 Å². The molecule has 3 heterocycles. The van der Waals surface area contributed by atoms with Gasteiger partial charge in [-0.1, -0.05) is 12.1 Å². The summed E-state index contributed by atoms with van der Waals surface area (Å²) in [6.45, 7) is 2.77. The number of nitrogens with zero attached hydrogens (tertiary/aromatic N) is 2. The van der Waals surface area contributed by atoms with E-state index >= 15 is 0 Å². The molecule has 0 radical (unpaired) electrons. The number of fused-ring (bicyclic) bond motifs is 1. The van der Waals surface area contributed by atoms with Gasteiger partial charge in [0.05, 0.1) is 12.5 Å². The molecule has 1 saturated carbocycles. The van der Waals surface area contributed by atoms with E-state index in [-0.39, 0.29) is 11.3 Å². The average Bonchev–Trinajstić information content (AvgIpc) is 3.33. The third-order valence-electron chi connectivity index (χ3n) is 7.33. The Morgan fingerprint density at radius 3 is 2.80 bits per heavy atom. The van der Waals surface area contributed by atoms with Crippen molar-refractivity contribution in [2.45, 2.75) is 38.1 Å². The Kier molecular flexibility index (Phi) is 4.82. The molecule has 1 aliphatic carbocycles. The van der Waals surface area contributed by atoms with Crippen LogP contribution in [-0.4, -0.2) is 66.2 Å². The van der Waals surface area contributed by atoms with E-state index in [2.05, 4.69) is 18.2 Å². The van der Waals surface area contributed by atoms with Gasteiger partial charge in [-0.05, 0) is 67.0 Å². The SMILES string of the molecule is CN1CC2(CC2)C[C@H](C(=O)NO)[C@H]1C(=O)N1CC=C(c2ccc3c(c2)CCO3)CC1. The molecule has 1 saturated heterocycles. The molecular weight excluding hydrogens is 382 g/mol. The fourth-order valence-electron chi connectivity index (χ4n) is 5.50. The maximum Gasteiger partial charge on any atom is 0.248 e. The van der Waals surface area contributed by atoms with Crippen LogP contribution >= 0.6 is 0 Å². The van der Waals surface area contributed by atoms with Gasteiger partial charge in [-0.3, -0.25) is 19.7 Å². The smallest absolute Gasteiger partial charge is 0.248 e. The Hall–Kier alpha value is -2.38. The van der Waals surface area contributed by atoms with Crippen LogP contribution in [0.25, 0.3) is 5.57 Å². The summed E-state index contributed by atoms with van der Waals surface area (Å²) in [5.74, 6) is 0.0128. The normalized spacial score (nSPS) is 27.3. The molecule has 0 bridgehead atoms. The zero-order chi connectivity index (χ0) is 20.9. The Balaban J connectivity index is 1.31. The molecule has 2 fully saturated rings. The summed E-state index contributed by atoms with van der Waals surface area (Å²) >= 11 is 0. The van der Waals surface area contributed by atoms with Crippen molar-refractivity contribution in [1.29, 1.82) is 0 Å². The van der Waals surface area contributed by atoms with Crippen LogP contribution in [0.2, 0.25) is 0 Å². The van der Waals surface area contributed by atoms with Crippen LogP contribution in [-0.2, 0) is 16.0 Å². The van der Waals surface area contributed by atoms with Crippen LogP contribution in [0.3, 0.4) is 0 Å². The second-order valence-corrected chi connectivity index (χ2v) is 9.33. The molecule has 30 heavy (non-hydrogen) atoms. The van der Waals surface area contributed by atoms with Gasteiger partial charge in [0.1, 0.15) is 11.8 Å². The van der Waals surface area contributed by atoms with E-state index in [0.717, 1.165) is 44.6 Å². The molecule has 7 nitrogen and oxygen atoms in total. The van der Waals surface area contributed by atoms with Crippen molar-refractivity contribution in [3.63, 3.8) is 0 Å². The van der Waals surface area contributed by atoms with Crippen molar-refractivity contribution >= 4 is 17.4 Å². The Labute approximate surface area is 176 Å². The molecule has 3 aliphatic heterocycles. The number of ether oxygens (including phenoxy) is 1. The van der Waals surface area contributed by atoms with Gasteiger partial charge in [0.2, 0.25) is 11.8 Å². The molecule has 1 aromatic rings. The molecule has 0 aromatic heterocycles. The molecule has 5 rings (SSSR count). The number of likely N-dealkylation sites (tertiary alicyclic amines) is 1. The van der Waals surface area contributed by atoms with Crippen LogP contribution in [0.1, 0.15) is 36.8 Å². The first kappa shape index (κ1) is 19.6. The highest BCUT2D eigenvalue weighted by Crippen LogP contribution is 2.54. The lowest BCUT2D eigenvalue weighted by molar-refractivity contribution is -0.150. The van der Waals surface area contributed by atoms with Gasteiger partial charge in [0.25, 0.3) is 0 Å². The fraction of sp³-hybridized carbons (Fsp3) is 0.565. The molecule has 2 amide bonds. The topological polar surface area (TPSA) is 82.1 Å². The van der Waals surface area contributed by atoms with Crippen LogP contribution in [0.15, 0.2) is 24.3 Å². The molecule has 2 atom stereocenters. The summed E-state index contributed by atoms with van der Waals surface area (Å²) in [5, 5.41) is 9.24. The molecule has 2 N–H and O–H groups in total. The Bertz CT molecular complexity index is 908. The van der Waals surface area contributed by atoms with Gasteiger partial charge in [0, 0.05) is 26.1 Å². The predicted molar refractivity (Wildman–Crippen MR) is 111 cm³/mol. The zero-order valence-electron chi connectivity index (χ0n) is 17.4. The minimum absolute atomic E-state index is 0.0146. The first-order valence-corrected chi connectivity index (χ1v) is 10.9. The largest absolute Gasteiger partial charge is 0.493 e. The van der Waals surface area contributed by atoms with E-state index in [4.69, 9.17) is 4.74 Å². The lowest BCUT2D eigenvalue weighted by Gasteiger charge is -2.43. The second-order valence-electron chi connectivity index (χ2n) is 9.33. The van der Waals surface area contributed by atoms with E-state index in [0.29, 0.717) is 19.5 Å². The summed E-state index contributed by atoms with van der Waals surface area (Å²) in [5.41, 5.74) is 5.66. The number of hydroxylamine groups is 1. The number of hydrogen-bond acceptors (Lipinski definition) is 5.